The number of amides is 2. The van der Waals surface area contributed by atoms with E-state index >= 15 is 0 Å². The number of carbonyl (C=O) groups excluding carboxylic acids is 2. The van der Waals surface area contributed by atoms with Crippen LogP contribution in [-0.4, -0.2) is 44.6 Å². The van der Waals surface area contributed by atoms with Gasteiger partial charge in [0.15, 0.2) is 0 Å². The number of aliphatic carboxylic acids is 1. The van der Waals surface area contributed by atoms with Gasteiger partial charge in [0.1, 0.15) is 17.5 Å². The molecule has 2 N–H and O–H groups in total. The van der Waals surface area contributed by atoms with Gasteiger partial charge < -0.3 is 15.3 Å². The number of nitrogens with one attached hydrogen (secondary N) is 1. The minimum Gasteiger partial charge on any atom is -0.480 e. The summed E-state index contributed by atoms with van der Waals surface area (Å²) in [5, 5.41) is 12.1. The summed E-state index contributed by atoms with van der Waals surface area (Å²) in [6, 6.07) is 14.7. The van der Waals surface area contributed by atoms with E-state index in [2.05, 4.69) is 5.32 Å². The maximum absolute atomic E-state index is 13.2. The van der Waals surface area contributed by atoms with Crippen LogP contribution in [0, 0.1) is 0 Å². The number of nitrogens with zero attached hydrogens (tertiary/aromatic N) is 1. The van der Waals surface area contributed by atoms with Gasteiger partial charge in [-0.15, -0.1) is 11.8 Å². The standard InChI is InChI=1S/C22H22N2O4S/c1-22(2)17(24-19(26)14-10-6-7-11-15(14)20(24)29-22)18(25)23-16(21(27)28)12-13-8-4-3-5-9-13/h3-11,16-17,20H,12H2,1-2H3,(H,23,25)(H,27,28)/t16-,17-,20?/m1/s1. The Bertz CT molecular complexity index is 976. The van der Waals surface area contributed by atoms with Gasteiger partial charge in [-0.1, -0.05) is 48.5 Å². The molecule has 6 nitrogen and oxygen atoms in total. The van der Waals surface area contributed by atoms with Crippen LogP contribution in [-0.2, 0) is 16.0 Å². The zero-order valence-corrected chi connectivity index (χ0v) is 17.0. The molecule has 0 bridgehead atoms. The minimum atomic E-state index is -1.10. The summed E-state index contributed by atoms with van der Waals surface area (Å²) in [5.41, 5.74) is 2.34. The van der Waals surface area contributed by atoms with Crippen LogP contribution in [0.25, 0.3) is 0 Å². The first-order valence-electron chi connectivity index (χ1n) is 9.46. The van der Waals surface area contributed by atoms with Gasteiger partial charge in [-0.25, -0.2) is 4.79 Å². The Hall–Kier alpha value is -2.80. The molecule has 0 spiro atoms. The summed E-state index contributed by atoms with van der Waals surface area (Å²) >= 11 is 1.56. The third-order valence-corrected chi connectivity index (χ3v) is 6.98. The van der Waals surface area contributed by atoms with Crippen molar-refractivity contribution in [3.05, 3.63) is 71.3 Å². The predicted molar refractivity (Wildman–Crippen MR) is 111 cm³/mol. The van der Waals surface area contributed by atoms with Crippen molar-refractivity contribution in [1.29, 1.82) is 0 Å². The van der Waals surface area contributed by atoms with Crippen molar-refractivity contribution in [3.8, 4) is 0 Å². The lowest BCUT2D eigenvalue weighted by Gasteiger charge is -2.30. The van der Waals surface area contributed by atoms with Crippen molar-refractivity contribution in [2.24, 2.45) is 0 Å². The molecular formula is C22H22N2O4S. The van der Waals surface area contributed by atoms with E-state index in [0.717, 1.165) is 11.1 Å². The van der Waals surface area contributed by atoms with E-state index in [9.17, 15) is 19.5 Å². The Morgan fingerprint density at radius 2 is 1.79 bits per heavy atom. The van der Waals surface area contributed by atoms with Gasteiger partial charge in [-0.2, -0.15) is 0 Å². The zero-order chi connectivity index (χ0) is 20.8. The highest BCUT2D eigenvalue weighted by Crippen LogP contribution is 2.56. The molecule has 2 aliphatic rings. The van der Waals surface area contributed by atoms with Gasteiger partial charge in [0.05, 0.1) is 0 Å². The first kappa shape index (κ1) is 19.5. The van der Waals surface area contributed by atoms with Crippen LogP contribution in [0.15, 0.2) is 54.6 Å². The summed E-state index contributed by atoms with van der Waals surface area (Å²) in [7, 11) is 0. The summed E-state index contributed by atoms with van der Waals surface area (Å²) in [4.78, 5) is 39.6. The molecule has 0 saturated carbocycles. The van der Waals surface area contributed by atoms with Crippen molar-refractivity contribution in [2.75, 3.05) is 0 Å². The second-order valence-corrected chi connectivity index (χ2v) is 9.60. The molecule has 3 atom stereocenters. The number of rotatable bonds is 5. The smallest absolute Gasteiger partial charge is 0.326 e. The van der Waals surface area contributed by atoms with E-state index in [1.165, 1.54) is 0 Å². The SMILES string of the molecule is CC1(C)SC2c3ccccc3C(=O)N2[C@@H]1C(=O)N[C@H](Cc1ccccc1)C(=O)O. The van der Waals surface area contributed by atoms with E-state index in [1.54, 1.807) is 22.7 Å². The van der Waals surface area contributed by atoms with Crippen LogP contribution in [0.3, 0.4) is 0 Å². The third-order valence-electron chi connectivity index (χ3n) is 5.44. The summed E-state index contributed by atoms with van der Waals surface area (Å²) < 4.78 is -0.548. The fraction of sp³-hybridized carbons (Fsp3) is 0.318. The lowest BCUT2D eigenvalue weighted by atomic mass is 9.99. The number of carbonyl (C=O) groups is 3. The molecule has 0 radical (unpaired) electrons. The van der Waals surface area contributed by atoms with E-state index < -0.39 is 28.7 Å². The van der Waals surface area contributed by atoms with Crippen LogP contribution in [0.5, 0.6) is 0 Å². The molecule has 2 aromatic rings. The minimum absolute atomic E-state index is 0.180. The first-order valence-corrected chi connectivity index (χ1v) is 10.3. The van der Waals surface area contributed by atoms with Gasteiger partial charge >= 0.3 is 5.97 Å². The number of carboxylic acid groups (broad SMARTS) is 1. The monoisotopic (exact) mass is 410 g/mol. The highest BCUT2D eigenvalue weighted by Gasteiger charge is 2.57. The molecular weight excluding hydrogens is 388 g/mol. The molecule has 29 heavy (non-hydrogen) atoms. The summed E-state index contributed by atoms with van der Waals surface area (Å²) in [6.45, 7) is 3.84. The number of carboxylic acids is 1. The highest BCUT2D eigenvalue weighted by molar-refractivity contribution is 8.01. The van der Waals surface area contributed by atoms with Crippen LogP contribution >= 0.6 is 11.8 Å². The zero-order valence-electron chi connectivity index (χ0n) is 16.2. The number of benzene rings is 2. The maximum Gasteiger partial charge on any atom is 0.326 e. The lowest BCUT2D eigenvalue weighted by Crippen LogP contribution is -2.56. The molecule has 1 saturated heterocycles. The molecule has 2 aliphatic heterocycles. The Morgan fingerprint density at radius 1 is 1.14 bits per heavy atom. The van der Waals surface area contributed by atoms with Crippen molar-refractivity contribution in [1.82, 2.24) is 10.2 Å². The quantitative estimate of drug-likeness (QED) is 0.792. The van der Waals surface area contributed by atoms with Crippen molar-refractivity contribution >= 4 is 29.5 Å². The highest BCUT2D eigenvalue weighted by atomic mass is 32.2. The van der Waals surface area contributed by atoms with Gasteiger partial charge in [0.25, 0.3) is 5.91 Å². The predicted octanol–water partition coefficient (Wildman–Crippen LogP) is 2.85. The van der Waals surface area contributed by atoms with Crippen LogP contribution < -0.4 is 5.32 Å². The second kappa shape index (κ2) is 7.22. The normalized spacial score (nSPS) is 22.7. The van der Waals surface area contributed by atoms with Crippen LogP contribution in [0.1, 0.15) is 40.7 Å². The van der Waals surface area contributed by atoms with Crippen molar-refractivity contribution in [3.63, 3.8) is 0 Å². The second-order valence-electron chi connectivity index (χ2n) is 7.87. The number of hydrogen-bond donors (Lipinski definition) is 2. The van der Waals surface area contributed by atoms with Crippen molar-refractivity contribution in [2.45, 2.75) is 42.5 Å². The fourth-order valence-electron chi connectivity index (χ4n) is 4.11. The number of fused-ring (bicyclic) bond motifs is 3. The maximum atomic E-state index is 13.2. The van der Waals surface area contributed by atoms with Gasteiger partial charge in [0, 0.05) is 16.7 Å². The van der Waals surface area contributed by atoms with Crippen LogP contribution in [0.2, 0.25) is 0 Å². The number of hydrogen-bond acceptors (Lipinski definition) is 4. The van der Waals surface area contributed by atoms with Gasteiger partial charge in [-0.3, -0.25) is 9.59 Å². The number of thioether (sulfide) groups is 1. The van der Waals surface area contributed by atoms with Gasteiger partial charge in [0.2, 0.25) is 5.91 Å². The Labute approximate surface area is 173 Å². The summed E-state index contributed by atoms with van der Waals surface area (Å²) in [5.74, 6) is -1.72. The molecule has 1 unspecified atom stereocenters. The molecule has 2 heterocycles. The lowest BCUT2D eigenvalue weighted by molar-refractivity contribution is -0.142. The third kappa shape index (κ3) is 3.40. The van der Waals surface area contributed by atoms with E-state index in [0.29, 0.717) is 5.56 Å². The first-order chi connectivity index (χ1) is 13.8. The van der Waals surface area contributed by atoms with E-state index in [1.807, 2.05) is 62.4 Å². The molecule has 4 rings (SSSR count). The molecule has 7 heteroatoms. The summed E-state index contributed by atoms with van der Waals surface area (Å²) in [6.07, 6.45) is 0.180. The van der Waals surface area contributed by atoms with Crippen LogP contribution in [0.4, 0.5) is 0 Å². The molecule has 2 aromatic carbocycles. The largest absolute Gasteiger partial charge is 0.480 e. The Morgan fingerprint density at radius 3 is 2.48 bits per heavy atom. The van der Waals surface area contributed by atoms with Gasteiger partial charge in [-0.05, 0) is 31.0 Å². The van der Waals surface area contributed by atoms with Crippen molar-refractivity contribution < 1.29 is 19.5 Å². The molecule has 0 aliphatic carbocycles. The topological polar surface area (TPSA) is 86.7 Å². The fourth-order valence-corrected chi connectivity index (χ4v) is 5.69. The van der Waals surface area contributed by atoms with E-state index in [-0.39, 0.29) is 17.7 Å². The molecule has 0 aromatic heterocycles. The molecule has 2 amide bonds. The average molecular weight is 410 g/mol. The molecule has 150 valence electrons. The van der Waals surface area contributed by atoms with E-state index in [4.69, 9.17) is 0 Å². The Balaban J connectivity index is 1.59. The Kier molecular flexibility index (Phi) is 4.86. The molecule has 1 fully saturated rings. The average Bonchev–Trinajstić information content (AvgIpc) is 3.12.